The minimum Gasteiger partial charge on any atom is -0.388 e. The van der Waals surface area contributed by atoms with Crippen molar-refractivity contribution in [3.8, 4) is 0 Å². The lowest BCUT2D eigenvalue weighted by molar-refractivity contribution is -0.122. The van der Waals surface area contributed by atoms with Crippen molar-refractivity contribution in [3.63, 3.8) is 0 Å². The van der Waals surface area contributed by atoms with Crippen LogP contribution in [0.3, 0.4) is 0 Å². The van der Waals surface area contributed by atoms with Crippen molar-refractivity contribution in [2.75, 3.05) is 6.54 Å². The Kier molecular flexibility index (Phi) is 5.27. The summed E-state index contributed by atoms with van der Waals surface area (Å²) in [4.78, 5) is 15.4. The van der Waals surface area contributed by atoms with Crippen LogP contribution in [0.5, 0.6) is 0 Å². The van der Waals surface area contributed by atoms with E-state index in [1.165, 1.54) is 6.33 Å². The zero-order valence-electron chi connectivity index (χ0n) is 11.3. The molecule has 6 nitrogen and oxygen atoms in total. The van der Waals surface area contributed by atoms with Gasteiger partial charge in [0.1, 0.15) is 12.7 Å². The zero-order valence-corrected chi connectivity index (χ0v) is 11.3. The first kappa shape index (κ1) is 14.6. The van der Waals surface area contributed by atoms with E-state index in [0.29, 0.717) is 19.4 Å². The van der Waals surface area contributed by atoms with Crippen molar-refractivity contribution < 1.29 is 9.90 Å². The molecule has 0 saturated heterocycles. The van der Waals surface area contributed by atoms with Gasteiger partial charge in [0.2, 0.25) is 5.91 Å². The van der Waals surface area contributed by atoms with Crippen LogP contribution in [-0.4, -0.2) is 37.9 Å². The Morgan fingerprint density at radius 3 is 2.83 bits per heavy atom. The second-order valence-electron chi connectivity index (χ2n) is 5.05. The molecular weight excluding hydrogens is 232 g/mol. The average molecular weight is 254 g/mol. The molecule has 0 aliphatic heterocycles. The van der Waals surface area contributed by atoms with Gasteiger partial charge in [0.25, 0.3) is 0 Å². The predicted octanol–water partition coefficient (Wildman–Crippen LogP) is 0.581. The molecule has 1 atom stereocenters. The molecule has 0 aromatic carbocycles. The summed E-state index contributed by atoms with van der Waals surface area (Å²) >= 11 is 0. The molecule has 0 saturated carbocycles. The lowest BCUT2D eigenvalue weighted by Crippen LogP contribution is -2.44. The molecule has 102 valence electrons. The number of aryl methyl sites for hydroxylation is 1. The second-order valence-corrected chi connectivity index (χ2v) is 5.05. The Hall–Kier alpha value is -1.43. The first-order valence-corrected chi connectivity index (χ1v) is 6.23. The van der Waals surface area contributed by atoms with Crippen LogP contribution < -0.4 is 5.32 Å². The number of carbonyl (C=O) groups is 1. The van der Waals surface area contributed by atoms with E-state index in [-0.39, 0.29) is 18.4 Å². The van der Waals surface area contributed by atoms with Crippen LogP contribution in [0.25, 0.3) is 0 Å². The molecule has 2 N–H and O–H groups in total. The predicted molar refractivity (Wildman–Crippen MR) is 67.7 cm³/mol. The second kappa shape index (κ2) is 6.49. The quantitative estimate of drug-likeness (QED) is 0.746. The van der Waals surface area contributed by atoms with Gasteiger partial charge in [-0.2, -0.15) is 5.10 Å². The van der Waals surface area contributed by atoms with Gasteiger partial charge >= 0.3 is 0 Å². The van der Waals surface area contributed by atoms with Crippen LogP contribution in [0.1, 0.15) is 33.6 Å². The largest absolute Gasteiger partial charge is 0.388 e. The van der Waals surface area contributed by atoms with E-state index in [4.69, 9.17) is 0 Å². The molecule has 0 aliphatic carbocycles. The van der Waals surface area contributed by atoms with Crippen LogP contribution in [0.4, 0.5) is 0 Å². The lowest BCUT2D eigenvalue weighted by atomic mass is 9.92. The molecule has 6 heteroatoms. The molecule has 0 aliphatic rings. The molecule has 1 heterocycles. The molecule has 1 aromatic heterocycles. The molecule has 1 aromatic rings. The highest BCUT2D eigenvalue weighted by molar-refractivity contribution is 5.75. The fourth-order valence-electron chi connectivity index (χ4n) is 1.32. The average Bonchev–Trinajstić information content (AvgIpc) is 2.79. The number of amides is 1. The highest BCUT2D eigenvalue weighted by Gasteiger charge is 2.25. The Morgan fingerprint density at radius 1 is 1.56 bits per heavy atom. The third-order valence-corrected chi connectivity index (χ3v) is 3.14. The molecule has 18 heavy (non-hydrogen) atoms. The Bertz CT molecular complexity index is 360. The highest BCUT2D eigenvalue weighted by Crippen LogP contribution is 2.14. The molecule has 0 bridgehead atoms. The van der Waals surface area contributed by atoms with Crippen LogP contribution >= 0.6 is 0 Å². The van der Waals surface area contributed by atoms with Crippen molar-refractivity contribution in [3.05, 3.63) is 12.7 Å². The number of nitrogens with zero attached hydrogens (tertiary/aromatic N) is 3. The Balaban J connectivity index is 2.18. The molecule has 0 fully saturated rings. The summed E-state index contributed by atoms with van der Waals surface area (Å²) in [5.74, 6) is 0.0592. The maximum atomic E-state index is 11.6. The molecular formula is C12H22N4O2. The summed E-state index contributed by atoms with van der Waals surface area (Å²) in [6.07, 6.45) is 4.23. The summed E-state index contributed by atoms with van der Waals surface area (Å²) in [5.41, 5.74) is -0.860. The summed E-state index contributed by atoms with van der Waals surface area (Å²) < 4.78 is 1.69. The van der Waals surface area contributed by atoms with E-state index in [0.717, 1.165) is 0 Å². The van der Waals surface area contributed by atoms with E-state index in [9.17, 15) is 9.90 Å². The van der Waals surface area contributed by atoms with E-state index in [2.05, 4.69) is 15.4 Å². The molecule has 1 unspecified atom stereocenters. The number of hydrogen-bond donors (Lipinski definition) is 2. The van der Waals surface area contributed by atoms with Crippen molar-refractivity contribution in [2.24, 2.45) is 5.92 Å². The Labute approximate surface area is 107 Å². The fraction of sp³-hybridized carbons (Fsp3) is 0.750. The third-order valence-electron chi connectivity index (χ3n) is 3.14. The van der Waals surface area contributed by atoms with Gasteiger partial charge in [-0.05, 0) is 19.3 Å². The van der Waals surface area contributed by atoms with E-state index in [1.807, 2.05) is 13.8 Å². The summed E-state index contributed by atoms with van der Waals surface area (Å²) in [5, 5.41) is 16.7. The Morgan fingerprint density at radius 2 is 2.28 bits per heavy atom. The van der Waals surface area contributed by atoms with Crippen molar-refractivity contribution in [1.82, 2.24) is 20.1 Å². The van der Waals surface area contributed by atoms with Crippen molar-refractivity contribution in [1.29, 1.82) is 0 Å². The van der Waals surface area contributed by atoms with Crippen LogP contribution in [0, 0.1) is 5.92 Å². The van der Waals surface area contributed by atoms with Crippen molar-refractivity contribution >= 4 is 5.91 Å². The number of aliphatic hydroxyl groups is 1. The molecule has 1 amide bonds. The van der Waals surface area contributed by atoms with Gasteiger partial charge in [-0.15, -0.1) is 0 Å². The van der Waals surface area contributed by atoms with Gasteiger partial charge < -0.3 is 10.4 Å². The maximum Gasteiger partial charge on any atom is 0.220 e. The highest BCUT2D eigenvalue weighted by atomic mass is 16.3. The van der Waals surface area contributed by atoms with Gasteiger partial charge in [0.15, 0.2) is 0 Å². The fourth-order valence-corrected chi connectivity index (χ4v) is 1.32. The van der Waals surface area contributed by atoms with Crippen LogP contribution in [0.15, 0.2) is 12.7 Å². The van der Waals surface area contributed by atoms with Gasteiger partial charge in [-0.3, -0.25) is 9.48 Å². The summed E-state index contributed by atoms with van der Waals surface area (Å²) in [6.45, 7) is 6.54. The lowest BCUT2D eigenvalue weighted by Gasteiger charge is -2.27. The van der Waals surface area contributed by atoms with E-state index < -0.39 is 5.60 Å². The molecule has 1 rings (SSSR count). The first-order chi connectivity index (χ1) is 8.42. The standard InChI is InChI=1S/C12H22N4O2/c1-10(2)12(3,18)7-14-11(17)5-4-6-16-9-13-8-15-16/h8-10,18H,4-7H2,1-3H3,(H,14,17). The zero-order chi connectivity index (χ0) is 13.6. The van der Waals surface area contributed by atoms with Crippen molar-refractivity contribution in [2.45, 2.75) is 45.8 Å². The topological polar surface area (TPSA) is 80.0 Å². The summed E-state index contributed by atoms with van der Waals surface area (Å²) in [7, 11) is 0. The van der Waals surface area contributed by atoms with Gasteiger partial charge in [0.05, 0.1) is 5.60 Å². The summed E-state index contributed by atoms with van der Waals surface area (Å²) in [6, 6.07) is 0. The van der Waals surface area contributed by atoms with E-state index in [1.54, 1.807) is 17.9 Å². The number of carbonyl (C=O) groups excluding carboxylic acids is 1. The number of hydrogen-bond acceptors (Lipinski definition) is 4. The van der Waals surface area contributed by atoms with E-state index >= 15 is 0 Å². The monoisotopic (exact) mass is 254 g/mol. The minimum absolute atomic E-state index is 0.0453. The number of nitrogens with one attached hydrogen (secondary N) is 1. The first-order valence-electron chi connectivity index (χ1n) is 6.23. The molecule has 0 spiro atoms. The number of rotatable bonds is 7. The van der Waals surface area contributed by atoms with Crippen LogP contribution in [0.2, 0.25) is 0 Å². The smallest absolute Gasteiger partial charge is 0.220 e. The normalized spacial score (nSPS) is 14.5. The number of aromatic nitrogens is 3. The minimum atomic E-state index is -0.860. The SMILES string of the molecule is CC(C)C(C)(O)CNC(=O)CCCn1cncn1. The van der Waals surface area contributed by atoms with Crippen LogP contribution in [-0.2, 0) is 11.3 Å². The van der Waals surface area contributed by atoms with Gasteiger partial charge in [-0.25, -0.2) is 4.98 Å². The van der Waals surface area contributed by atoms with Gasteiger partial charge in [-0.1, -0.05) is 13.8 Å². The van der Waals surface area contributed by atoms with Gasteiger partial charge in [0, 0.05) is 19.5 Å². The molecule has 0 radical (unpaired) electrons. The third kappa shape index (κ3) is 4.83. The maximum absolute atomic E-state index is 11.6.